The van der Waals surface area contributed by atoms with Gasteiger partial charge in [-0.1, -0.05) is 0 Å². The number of piperazine rings is 1. The minimum Gasteiger partial charge on any atom is -0.378 e. The third kappa shape index (κ3) is 5.44. The van der Waals surface area contributed by atoms with Gasteiger partial charge in [-0.3, -0.25) is 14.5 Å². The van der Waals surface area contributed by atoms with E-state index < -0.39 is 0 Å². The summed E-state index contributed by atoms with van der Waals surface area (Å²) in [5.74, 6) is 0.362. The number of nitrogens with one attached hydrogen (secondary N) is 1. The molecule has 0 aromatic carbocycles. The van der Waals surface area contributed by atoms with Crippen LogP contribution in [0.2, 0.25) is 0 Å². The monoisotopic (exact) mass is 326 g/mol. The minimum absolute atomic E-state index is 0.138. The van der Waals surface area contributed by atoms with E-state index in [2.05, 4.69) is 10.2 Å². The van der Waals surface area contributed by atoms with Crippen molar-refractivity contribution in [3.8, 4) is 0 Å². The summed E-state index contributed by atoms with van der Waals surface area (Å²) in [6, 6.07) is 0.138. The summed E-state index contributed by atoms with van der Waals surface area (Å²) in [7, 11) is 0. The Morgan fingerprint density at radius 1 is 1.17 bits per heavy atom. The Hall–Kier alpha value is -1.18. The Morgan fingerprint density at radius 2 is 1.87 bits per heavy atom. The number of hydrogen-bond donors (Lipinski definition) is 1. The van der Waals surface area contributed by atoms with E-state index in [0.29, 0.717) is 32.7 Å². The van der Waals surface area contributed by atoms with E-state index in [1.165, 1.54) is 0 Å². The molecule has 0 saturated carbocycles. The fraction of sp³-hybridized carbons (Fsp3) is 0.875. The van der Waals surface area contributed by atoms with E-state index in [4.69, 9.17) is 4.74 Å². The second-order valence-corrected chi connectivity index (χ2v) is 6.15. The first-order valence-electron chi connectivity index (χ1n) is 8.73. The highest BCUT2D eigenvalue weighted by Gasteiger charge is 2.25. The quantitative estimate of drug-likeness (QED) is 0.705. The van der Waals surface area contributed by atoms with Crippen LogP contribution in [0.25, 0.3) is 0 Å². The predicted octanol–water partition coefficient (Wildman–Crippen LogP) is -0.622. The third-order valence-corrected chi connectivity index (χ3v) is 4.62. The number of ether oxygens (including phenoxy) is 1. The molecule has 2 aliphatic heterocycles. The molecule has 0 aliphatic carbocycles. The van der Waals surface area contributed by atoms with E-state index in [-0.39, 0.29) is 17.9 Å². The Labute approximate surface area is 138 Å². The minimum atomic E-state index is 0.138. The molecule has 0 spiro atoms. The molecular formula is C16H30N4O3. The van der Waals surface area contributed by atoms with E-state index in [1.807, 2.05) is 23.6 Å². The average Bonchev–Trinajstić information content (AvgIpc) is 2.57. The van der Waals surface area contributed by atoms with Gasteiger partial charge in [0.15, 0.2) is 0 Å². The van der Waals surface area contributed by atoms with Gasteiger partial charge in [0.25, 0.3) is 0 Å². The molecule has 2 saturated heterocycles. The van der Waals surface area contributed by atoms with Crippen molar-refractivity contribution in [2.45, 2.75) is 26.3 Å². The molecular weight excluding hydrogens is 296 g/mol. The fourth-order valence-corrected chi connectivity index (χ4v) is 3.11. The van der Waals surface area contributed by atoms with Crippen LogP contribution in [-0.4, -0.2) is 98.1 Å². The number of likely N-dealkylation sites (N-methyl/N-ethyl adjacent to an activating group) is 1. The topological polar surface area (TPSA) is 65.1 Å². The lowest BCUT2D eigenvalue weighted by Gasteiger charge is -2.36. The molecule has 23 heavy (non-hydrogen) atoms. The molecule has 2 aliphatic rings. The molecule has 1 N–H and O–H groups in total. The van der Waals surface area contributed by atoms with Crippen LogP contribution in [0.15, 0.2) is 0 Å². The Morgan fingerprint density at radius 3 is 2.43 bits per heavy atom. The van der Waals surface area contributed by atoms with Crippen LogP contribution in [0.3, 0.4) is 0 Å². The van der Waals surface area contributed by atoms with Gasteiger partial charge >= 0.3 is 0 Å². The lowest BCUT2D eigenvalue weighted by atomic mass is 10.1. The van der Waals surface area contributed by atoms with Gasteiger partial charge in [-0.2, -0.15) is 0 Å². The Kier molecular flexibility index (Phi) is 7.26. The van der Waals surface area contributed by atoms with Gasteiger partial charge in [-0.25, -0.2) is 0 Å². The highest BCUT2D eigenvalue weighted by atomic mass is 16.5. The first-order chi connectivity index (χ1) is 11.1. The average molecular weight is 326 g/mol. The number of carbonyl (C=O) groups excluding carboxylic acids is 2. The number of hydrogen-bond acceptors (Lipinski definition) is 5. The summed E-state index contributed by atoms with van der Waals surface area (Å²) in [6.45, 7) is 11.1. The van der Waals surface area contributed by atoms with Crippen LogP contribution in [0.1, 0.15) is 20.3 Å². The van der Waals surface area contributed by atoms with Gasteiger partial charge in [-0.15, -0.1) is 0 Å². The van der Waals surface area contributed by atoms with Crippen LogP contribution >= 0.6 is 0 Å². The highest BCUT2D eigenvalue weighted by molar-refractivity contribution is 5.78. The van der Waals surface area contributed by atoms with Crippen molar-refractivity contribution >= 4 is 11.8 Å². The highest BCUT2D eigenvalue weighted by Crippen LogP contribution is 2.07. The number of carbonyl (C=O) groups is 2. The van der Waals surface area contributed by atoms with Crippen LogP contribution in [0.4, 0.5) is 0 Å². The number of nitrogens with zero attached hydrogens (tertiary/aromatic N) is 3. The normalized spacial score (nSPS) is 22.9. The van der Waals surface area contributed by atoms with Crippen molar-refractivity contribution in [3.05, 3.63) is 0 Å². The summed E-state index contributed by atoms with van der Waals surface area (Å²) >= 11 is 0. The maximum absolute atomic E-state index is 12.3. The number of rotatable bonds is 6. The molecule has 0 radical (unpaired) electrons. The summed E-state index contributed by atoms with van der Waals surface area (Å²) in [5.41, 5.74) is 0. The molecule has 132 valence electrons. The fourth-order valence-electron chi connectivity index (χ4n) is 3.11. The number of morpholine rings is 1. The van der Waals surface area contributed by atoms with E-state index >= 15 is 0 Å². The van der Waals surface area contributed by atoms with Crippen molar-refractivity contribution in [3.63, 3.8) is 0 Å². The number of amides is 2. The van der Waals surface area contributed by atoms with E-state index in [9.17, 15) is 9.59 Å². The lowest BCUT2D eigenvalue weighted by molar-refractivity contribution is -0.135. The van der Waals surface area contributed by atoms with Crippen molar-refractivity contribution < 1.29 is 14.3 Å². The van der Waals surface area contributed by atoms with Gasteiger partial charge in [0, 0.05) is 58.3 Å². The maximum Gasteiger partial charge on any atom is 0.236 e. The molecule has 2 amide bonds. The third-order valence-electron chi connectivity index (χ3n) is 4.62. The summed E-state index contributed by atoms with van der Waals surface area (Å²) in [5, 5.41) is 3.32. The largest absolute Gasteiger partial charge is 0.378 e. The Balaban J connectivity index is 1.70. The Bertz CT molecular complexity index is 387. The molecule has 2 heterocycles. The molecule has 0 bridgehead atoms. The summed E-state index contributed by atoms with van der Waals surface area (Å²) < 4.78 is 5.39. The maximum atomic E-state index is 12.3. The first kappa shape index (κ1) is 18.2. The van der Waals surface area contributed by atoms with E-state index in [1.54, 1.807) is 0 Å². The van der Waals surface area contributed by atoms with Gasteiger partial charge in [0.1, 0.15) is 0 Å². The van der Waals surface area contributed by atoms with Gasteiger partial charge in [-0.05, 0) is 13.8 Å². The molecule has 1 unspecified atom stereocenters. The second kappa shape index (κ2) is 9.20. The van der Waals surface area contributed by atoms with Gasteiger partial charge in [0.05, 0.1) is 19.8 Å². The smallest absolute Gasteiger partial charge is 0.236 e. The molecule has 7 nitrogen and oxygen atoms in total. The summed E-state index contributed by atoms with van der Waals surface area (Å²) in [4.78, 5) is 30.4. The zero-order valence-electron chi connectivity index (χ0n) is 14.4. The molecule has 2 rings (SSSR count). The standard InChI is InChI=1S/C16H30N4O3/c1-3-19(4-2)16(22)12-18-6-8-20(9-7-18)15(21)11-14-13-23-10-5-17-14/h14,17H,3-13H2,1-2H3. The zero-order valence-corrected chi connectivity index (χ0v) is 14.4. The first-order valence-corrected chi connectivity index (χ1v) is 8.73. The zero-order chi connectivity index (χ0) is 16.7. The SMILES string of the molecule is CCN(CC)C(=O)CN1CCN(C(=O)CC2COCCN2)CC1. The molecule has 1 atom stereocenters. The van der Waals surface area contributed by atoms with Crippen molar-refractivity contribution in [1.29, 1.82) is 0 Å². The van der Waals surface area contributed by atoms with Gasteiger partial charge < -0.3 is 19.9 Å². The van der Waals surface area contributed by atoms with Gasteiger partial charge in [0.2, 0.25) is 11.8 Å². The van der Waals surface area contributed by atoms with Crippen molar-refractivity contribution in [1.82, 2.24) is 20.0 Å². The lowest BCUT2D eigenvalue weighted by Crippen LogP contribution is -2.53. The molecule has 2 fully saturated rings. The van der Waals surface area contributed by atoms with E-state index in [0.717, 1.165) is 39.3 Å². The second-order valence-electron chi connectivity index (χ2n) is 6.15. The summed E-state index contributed by atoms with van der Waals surface area (Å²) in [6.07, 6.45) is 0.498. The molecule has 0 aromatic rings. The van der Waals surface area contributed by atoms with Crippen LogP contribution in [0, 0.1) is 0 Å². The van der Waals surface area contributed by atoms with Crippen molar-refractivity contribution in [2.75, 3.05) is 65.6 Å². The van der Waals surface area contributed by atoms with Crippen LogP contribution in [-0.2, 0) is 14.3 Å². The molecule has 0 aromatic heterocycles. The molecule has 7 heteroatoms. The van der Waals surface area contributed by atoms with Crippen molar-refractivity contribution in [2.24, 2.45) is 0 Å². The van der Waals surface area contributed by atoms with Crippen LogP contribution in [0.5, 0.6) is 0 Å². The predicted molar refractivity (Wildman–Crippen MR) is 88.2 cm³/mol. The van der Waals surface area contributed by atoms with Crippen LogP contribution < -0.4 is 5.32 Å².